The first-order chi connectivity index (χ1) is 11.6. The monoisotopic (exact) mass is 334 g/mol. The molecule has 0 amide bonds. The second-order valence-corrected chi connectivity index (χ2v) is 6.59. The number of hydrogen-bond donors (Lipinski definition) is 4. The SMILES string of the molecule is CCCNC[C@H]1C[C@]12O[C@@H](n1cnc3c(N)ncnc31)C(O)C2O. The number of ether oxygens (including phenoxy) is 1. The maximum atomic E-state index is 10.5. The number of nitrogens with two attached hydrogens (primary N) is 1. The summed E-state index contributed by atoms with van der Waals surface area (Å²) in [5.74, 6) is 0.461. The lowest BCUT2D eigenvalue weighted by Crippen LogP contribution is -2.35. The average molecular weight is 334 g/mol. The Hall–Kier alpha value is -1.81. The Morgan fingerprint density at radius 3 is 3.04 bits per heavy atom. The lowest BCUT2D eigenvalue weighted by Gasteiger charge is -2.16. The number of aliphatic hydroxyl groups excluding tert-OH is 2. The van der Waals surface area contributed by atoms with E-state index in [2.05, 4.69) is 27.2 Å². The molecule has 1 saturated heterocycles. The number of rotatable bonds is 5. The van der Waals surface area contributed by atoms with Crippen molar-refractivity contribution in [2.24, 2.45) is 5.92 Å². The van der Waals surface area contributed by atoms with Gasteiger partial charge in [0.05, 0.1) is 6.33 Å². The summed E-state index contributed by atoms with van der Waals surface area (Å²) < 4.78 is 7.72. The van der Waals surface area contributed by atoms with Gasteiger partial charge in [-0.2, -0.15) is 0 Å². The Balaban J connectivity index is 1.58. The number of fused-ring (bicyclic) bond motifs is 1. The largest absolute Gasteiger partial charge is 0.387 e. The fourth-order valence-electron chi connectivity index (χ4n) is 3.62. The van der Waals surface area contributed by atoms with Crippen LogP contribution in [0.3, 0.4) is 0 Å². The van der Waals surface area contributed by atoms with Crippen LogP contribution < -0.4 is 11.1 Å². The number of aromatic nitrogens is 4. The molecule has 3 heterocycles. The summed E-state index contributed by atoms with van der Waals surface area (Å²) in [5, 5.41) is 24.4. The van der Waals surface area contributed by atoms with Gasteiger partial charge >= 0.3 is 0 Å². The summed E-state index contributed by atoms with van der Waals surface area (Å²) >= 11 is 0. The van der Waals surface area contributed by atoms with E-state index in [4.69, 9.17) is 10.5 Å². The molecule has 24 heavy (non-hydrogen) atoms. The van der Waals surface area contributed by atoms with Crippen molar-refractivity contribution in [1.29, 1.82) is 0 Å². The highest BCUT2D eigenvalue weighted by molar-refractivity contribution is 5.81. The van der Waals surface area contributed by atoms with Crippen LogP contribution in [0.4, 0.5) is 5.82 Å². The molecule has 0 radical (unpaired) electrons. The first-order valence-corrected chi connectivity index (χ1v) is 8.26. The Labute approximate surface area is 138 Å². The third kappa shape index (κ3) is 2.20. The smallest absolute Gasteiger partial charge is 0.167 e. The first kappa shape index (κ1) is 15.7. The van der Waals surface area contributed by atoms with E-state index in [0.29, 0.717) is 11.2 Å². The minimum Gasteiger partial charge on any atom is -0.387 e. The molecule has 0 aromatic carbocycles. The number of nitrogens with zero attached hydrogens (tertiary/aromatic N) is 4. The Kier molecular flexibility index (Phi) is 3.68. The number of hydrogen-bond acceptors (Lipinski definition) is 8. The van der Waals surface area contributed by atoms with Crippen LogP contribution in [0, 0.1) is 5.92 Å². The van der Waals surface area contributed by atoms with E-state index in [1.54, 1.807) is 4.57 Å². The number of aliphatic hydroxyl groups is 2. The summed E-state index contributed by atoms with van der Waals surface area (Å²) in [4.78, 5) is 12.3. The molecule has 0 bridgehead atoms. The zero-order valence-electron chi connectivity index (χ0n) is 13.5. The van der Waals surface area contributed by atoms with Crippen LogP contribution >= 0.6 is 0 Å². The van der Waals surface area contributed by atoms with Crippen molar-refractivity contribution in [2.75, 3.05) is 18.8 Å². The second-order valence-electron chi connectivity index (χ2n) is 6.59. The molecule has 2 fully saturated rings. The van der Waals surface area contributed by atoms with Crippen molar-refractivity contribution >= 4 is 17.0 Å². The summed E-state index contributed by atoms with van der Waals surface area (Å²) in [7, 11) is 0. The fourth-order valence-corrected chi connectivity index (χ4v) is 3.62. The van der Waals surface area contributed by atoms with Gasteiger partial charge in [-0.1, -0.05) is 6.92 Å². The first-order valence-electron chi connectivity index (χ1n) is 8.26. The molecule has 1 aliphatic heterocycles. The van der Waals surface area contributed by atoms with Crippen LogP contribution in [-0.2, 0) is 4.74 Å². The van der Waals surface area contributed by atoms with E-state index in [1.807, 2.05) is 0 Å². The molecule has 4 rings (SSSR count). The molecule has 9 nitrogen and oxygen atoms in total. The minimum atomic E-state index is -1.05. The Bertz CT molecular complexity index is 752. The second kappa shape index (κ2) is 5.62. The lowest BCUT2D eigenvalue weighted by atomic mass is 10.1. The number of nitrogen functional groups attached to an aromatic ring is 1. The van der Waals surface area contributed by atoms with Crippen LogP contribution in [-0.4, -0.2) is 60.6 Å². The van der Waals surface area contributed by atoms with Crippen molar-refractivity contribution in [1.82, 2.24) is 24.8 Å². The van der Waals surface area contributed by atoms with Crippen LogP contribution in [0.5, 0.6) is 0 Å². The van der Waals surface area contributed by atoms with Gasteiger partial charge in [-0.25, -0.2) is 15.0 Å². The fraction of sp³-hybridized carbons (Fsp3) is 0.667. The van der Waals surface area contributed by atoms with E-state index in [0.717, 1.165) is 25.9 Å². The normalized spacial score (nSPS) is 35.1. The molecule has 130 valence electrons. The molecule has 1 spiro atoms. The van der Waals surface area contributed by atoms with Gasteiger partial charge in [0.2, 0.25) is 0 Å². The number of anilines is 1. The van der Waals surface area contributed by atoms with Crippen molar-refractivity contribution in [3.05, 3.63) is 12.7 Å². The molecule has 5 atom stereocenters. The topological polar surface area (TPSA) is 131 Å². The molecular weight excluding hydrogens is 312 g/mol. The predicted molar refractivity (Wildman–Crippen MR) is 85.9 cm³/mol. The molecule has 1 aliphatic carbocycles. The molecule has 5 N–H and O–H groups in total. The van der Waals surface area contributed by atoms with Gasteiger partial charge in [0.1, 0.15) is 29.7 Å². The molecule has 2 aromatic heterocycles. The molecular formula is C15H22N6O3. The van der Waals surface area contributed by atoms with Crippen molar-refractivity contribution in [2.45, 2.75) is 43.8 Å². The van der Waals surface area contributed by atoms with Gasteiger partial charge < -0.3 is 26.0 Å². The third-order valence-corrected chi connectivity index (χ3v) is 5.03. The Morgan fingerprint density at radius 2 is 2.25 bits per heavy atom. The van der Waals surface area contributed by atoms with E-state index in [1.165, 1.54) is 12.7 Å². The highest BCUT2D eigenvalue weighted by Crippen LogP contribution is 2.57. The lowest BCUT2D eigenvalue weighted by molar-refractivity contribution is -0.0530. The zero-order chi connectivity index (χ0) is 16.9. The highest BCUT2D eigenvalue weighted by Gasteiger charge is 2.68. The highest BCUT2D eigenvalue weighted by atomic mass is 16.6. The van der Waals surface area contributed by atoms with E-state index in [9.17, 15) is 10.2 Å². The predicted octanol–water partition coefficient (Wildman–Crippen LogP) is -0.583. The van der Waals surface area contributed by atoms with Gasteiger partial charge in [0.15, 0.2) is 17.7 Å². The molecule has 2 unspecified atom stereocenters. The minimum absolute atomic E-state index is 0.188. The van der Waals surface area contributed by atoms with Gasteiger partial charge in [0, 0.05) is 12.5 Å². The maximum absolute atomic E-state index is 10.5. The third-order valence-electron chi connectivity index (χ3n) is 5.03. The molecule has 2 aliphatic rings. The Morgan fingerprint density at radius 1 is 1.42 bits per heavy atom. The number of imidazole rings is 1. The standard InChI is InChI=1S/C15H22N6O3/c1-2-3-17-5-8-4-15(8)11(23)10(22)14(24-15)21-7-20-9-12(16)18-6-19-13(9)21/h6-8,10-11,14,17,22-23H,2-5H2,1H3,(H2,16,18,19)/t8-,10?,11?,14-,15+/m1/s1. The van der Waals surface area contributed by atoms with Gasteiger partial charge in [-0.05, 0) is 19.4 Å². The van der Waals surface area contributed by atoms with Crippen molar-refractivity contribution < 1.29 is 14.9 Å². The molecule has 1 saturated carbocycles. The summed E-state index contributed by atoms with van der Waals surface area (Å²) in [6.07, 6.45) is 1.91. The summed E-state index contributed by atoms with van der Waals surface area (Å²) in [5.41, 5.74) is 6.05. The van der Waals surface area contributed by atoms with Crippen molar-refractivity contribution in [3.63, 3.8) is 0 Å². The van der Waals surface area contributed by atoms with E-state index in [-0.39, 0.29) is 11.7 Å². The number of nitrogens with one attached hydrogen (secondary N) is 1. The average Bonchev–Trinajstić information content (AvgIpc) is 2.99. The van der Waals surface area contributed by atoms with Crippen LogP contribution in [0.1, 0.15) is 26.0 Å². The quantitative estimate of drug-likeness (QED) is 0.534. The zero-order valence-corrected chi connectivity index (χ0v) is 13.5. The molecule has 2 aromatic rings. The van der Waals surface area contributed by atoms with Crippen LogP contribution in [0.25, 0.3) is 11.2 Å². The summed E-state index contributed by atoms with van der Waals surface area (Å²) in [6, 6.07) is 0. The van der Waals surface area contributed by atoms with Crippen LogP contribution in [0.15, 0.2) is 12.7 Å². The van der Waals surface area contributed by atoms with Gasteiger partial charge in [0.25, 0.3) is 0 Å². The van der Waals surface area contributed by atoms with E-state index < -0.39 is 24.0 Å². The maximum Gasteiger partial charge on any atom is 0.167 e. The van der Waals surface area contributed by atoms with Crippen molar-refractivity contribution in [3.8, 4) is 0 Å². The summed E-state index contributed by atoms with van der Waals surface area (Å²) in [6.45, 7) is 3.80. The molecule has 9 heteroatoms. The van der Waals surface area contributed by atoms with Crippen LogP contribution in [0.2, 0.25) is 0 Å². The van der Waals surface area contributed by atoms with Gasteiger partial charge in [-0.3, -0.25) is 4.57 Å². The van der Waals surface area contributed by atoms with E-state index >= 15 is 0 Å². The van der Waals surface area contributed by atoms with Gasteiger partial charge in [-0.15, -0.1) is 0 Å².